The number of amides is 1. The van der Waals surface area contributed by atoms with Crippen LogP contribution in [-0.4, -0.2) is 51.9 Å². The smallest absolute Gasteiger partial charge is 0.259 e. The molecule has 126 valence electrons. The SMILES string of the molecule is CO[C@@]12CC[C@@H](O)C[C@@H]1N(C(=O)c1cn(C)c(C)cc1=O)CC2. The zero-order chi connectivity index (χ0) is 16.8. The molecular weight excluding hydrogens is 296 g/mol. The van der Waals surface area contributed by atoms with E-state index in [9.17, 15) is 14.7 Å². The maximum atomic E-state index is 12.9. The third kappa shape index (κ3) is 2.60. The highest BCUT2D eigenvalue weighted by molar-refractivity contribution is 5.94. The Morgan fingerprint density at radius 3 is 2.87 bits per heavy atom. The van der Waals surface area contributed by atoms with E-state index in [1.54, 1.807) is 22.8 Å². The maximum Gasteiger partial charge on any atom is 0.259 e. The average Bonchev–Trinajstić information content (AvgIpc) is 2.89. The molecule has 1 aliphatic carbocycles. The highest BCUT2D eigenvalue weighted by Crippen LogP contribution is 2.42. The minimum atomic E-state index is -0.419. The molecule has 1 amide bonds. The van der Waals surface area contributed by atoms with E-state index in [1.165, 1.54) is 6.07 Å². The van der Waals surface area contributed by atoms with E-state index >= 15 is 0 Å². The molecule has 3 atom stereocenters. The molecule has 2 aliphatic rings. The van der Waals surface area contributed by atoms with Gasteiger partial charge in [0.25, 0.3) is 5.91 Å². The minimum absolute atomic E-state index is 0.172. The van der Waals surface area contributed by atoms with Crippen molar-refractivity contribution in [1.29, 1.82) is 0 Å². The largest absolute Gasteiger partial charge is 0.393 e. The van der Waals surface area contributed by atoms with Crippen molar-refractivity contribution in [2.45, 2.75) is 50.4 Å². The molecule has 2 heterocycles. The van der Waals surface area contributed by atoms with Crippen LogP contribution in [0.3, 0.4) is 0 Å². The lowest BCUT2D eigenvalue weighted by atomic mass is 9.79. The molecule has 1 aromatic heterocycles. The molecule has 1 aliphatic heterocycles. The van der Waals surface area contributed by atoms with Crippen LogP contribution in [0.2, 0.25) is 0 Å². The number of hydrogen-bond donors (Lipinski definition) is 1. The highest BCUT2D eigenvalue weighted by atomic mass is 16.5. The van der Waals surface area contributed by atoms with Gasteiger partial charge in [-0.1, -0.05) is 0 Å². The third-order valence-corrected chi connectivity index (χ3v) is 5.54. The Balaban J connectivity index is 1.94. The van der Waals surface area contributed by atoms with Gasteiger partial charge in [-0.15, -0.1) is 0 Å². The quantitative estimate of drug-likeness (QED) is 0.876. The lowest BCUT2D eigenvalue weighted by molar-refractivity contribution is -0.0824. The first-order valence-corrected chi connectivity index (χ1v) is 8.09. The molecule has 1 saturated heterocycles. The Morgan fingerprint density at radius 2 is 2.17 bits per heavy atom. The van der Waals surface area contributed by atoms with E-state index in [0.717, 1.165) is 18.5 Å². The summed E-state index contributed by atoms with van der Waals surface area (Å²) >= 11 is 0. The van der Waals surface area contributed by atoms with E-state index in [-0.39, 0.29) is 28.5 Å². The number of carbonyl (C=O) groups excluding carboxylic acids is 1. The Labute approximate surface area is 135 Å². The maximum absolute atomic E-state index is 12.9. The van der Waals surface area contributed by atoms with Crippen molar-refractivity contribution in [2.24, 2.45) is 7.05 Å². The van der Waals surface area contributed by atoms with Gasteiger partial charge in [0.15, 0.2) is 5.43 Å². The van der Waals surface area contributed by atoms with Gasteiger partial charge in [-0.2, -0.15) is 0 Å². The summed E-state index contributed by atoms with van der Waals surface area (Å²) in [6.07, 6.45) is 3.87. The lowest BCUT2D eigenvalue weighted by Crippen LogP contribution is -2.53. The number of pyridine rings is 1. The fourth-order valence-electron chi connectivity index (χ4n) is 3.96. The van der Waals surface area contributed by atoms with Crippen LogP contribution in [0, 0.1) is 6.92 Å². The van der Waals surface area contributed by atoms with Gasteiger partial charge in [0, 0.05) is 38.7 Å². The fourth-order valence-corrected chi connectivity index (χ4v) is 3.96. The molecule has 1 saturated carbocycles. The zero-order valence-electron chi connectivity index (χ0n) is 13.9. The second-order valence-electron chi connectivity index (χ2n) is 6.77. The first kappa shape index (κ1) is 16.2. The van der Waals surface area contributed by atoms with Gasteiger partial charge in [-0.3, -0.25) is 9.59 Å². The van der Waals surface area contributed by atoms with Crippen LogP contribution >= 0.6 is 0 Å². The number of hydrogen-bond acceptors (Lipinski definition) is 4. The van der Waals surface area contributed by atoms with Crippen molar-refractivity contribution in [3.05, 3.63) is 33.7 Å². The molecule has 3 rings (SSSR count). The monoisotopic (exact) mass is 320 g/mol. The van der Waals surface area contributed by atoms with Gasteiger partial charge in [0.05, 0.1) is 17.7 Å². The van der Waals surface area contributed by atoms with Crippen LogP contribution < -0.4 is 5.43 Å². The number of likely N-dealkylation sites (tertiary alicyclic amines) is 1. The van der Waals surface area contributed by atoms with E-state index in [1.807, 2.05) is 14.0 Å². The summed E-state index contributed by atoms with van der Waals surface area (Å²) in [5.41, 5.74) is 0.361. The molecular formula is C17H24N2O4. The summed E-state index contributed by atoms with van der Waals surface area (Å²) in [5.74, 6) is -0.261. The molecule has 0 unspecified atom stereocenters. The number of rotatable bonds is 2. The number of aliphatic hydroxyl groups is 1. The number of methoxy groups -OCH3 is 1. The lowest BCUT2D eigenvalue weighted by Gasteiger charge is -2.42. The number of nitrogens with zero attached hydrogens (tertiary/aromatic N) is 2. The number of aryl methyl sites for hydroxylation is 2. The normalized spacial score (nSPS) is 30.3. The first-order valence-electron chi connectivity index (χ1n) is 8.09. The van der Waals surface area contributed by atoms with Gasteiger partial charge in [-0.05, 0) is 32.6 Å². The van der Waals surface area contributed by atoms with Crippen molar-refractivity contribution >= 4 is 5.91 Å². The molecule has 23 heavy (non-hydrogen) atoms. The van der Waals surface area contributed by atoms with Crippen molar-refractivity contribution in [3.8, 4) is 0 Å². The van der Waals surface area contributed by atoms with Crippen molar-refractivity contribution in [1.82, 2.24) is 9.47 Å². The van der Waals surface area contributed by atoms with E-state index in [2.05, 4.69) is 0 Å². The van der Waals surface area contributed by atoms with Gasteiger partial charge < -0.3 is 19.3 Å². The Hall–Kier alpha value is -1.66. The average molecular weight is 320 g/mol. The highest BCUT2D eigenvalue weighted by Gasteiger charge is 2.52. The third-order valence-electron chi connectivity index (χ3n) is 5.54. The molecule has 2 fully saturated rings. The second kappa shape index (κ2) is 5.76. The van der Waals surface area contributed by atoms with Crippen LogP contribution in [0.5, 0.6) is 0 Å². The zero-order valence-corrected chi connectivity index (χ0v) is 13.9. The standard InChI is InChI=1S/C17H24N2O4/c1-11-8-14(21)13(10-18(11)2)16(22)19-7-6-17(23-3)5-4-12(20)9-15(17)19/h8,10,12,15,20H,4-7,9H2,1-3H3/t12-,15+,17-/m1/s1. The van der Waals surface area contributed by atoms with Gasteiger partial charge in [-0.25, -0.2) is 0 Å². The molecule has 6 nitrogen and oxygen atoms in total. The van der Waals surface area contributed by atoms with Gasteiger partial charge in [0.1, 0.15) is 5.56 Å². The summed E-state index contributed by atoms with van der Waals surface area (Å²) in [7, 11) is 3.49. The van der Waals surface area contributed by atoms with Crippen molar-refractivity contribution < 1.29 is 14.6 Å². The second-order valence-corrected chi connectivity index (χ2v) is 6.77. The Bertz CT molecular complexity index is 684. The molecule has 0 spiro atoms. The predicted molar refractivity (Wildman–Crippen MR) is 85.5 cm³/mol. The van der Waals surface area contributed by atoms with E-state index in [4.69, 9.17) is 4.74 Å². The molecule has 0 radical (unpaired) electrons. The summed E-state index contributed by atoms with van der Waals surface area (Å²) in [6, 6.07) is 1.32. The number of carbonyl (C=O) groups is 1. The van der Waals surface area contributed by atoms with Crippen molar-refractivity contribution in [2.75, 3.05) is 13.7 Å². The van der Waals surface area contributed by atoms with Crippen molar-refractivity contribution in [3.63, 3.8) is 0 Å². The number of aromatic nitrogens is 1. The molecule has 0 aromatic carbocycles. The van der Waals surface area contributed by atoms with Crippen LogP contribution in [0.4, 0.5) is 0 Å². The summed E-state index contributed by atoms with van der Waals surface area (Å²) in [6.45, 7) is 2.39. The molecule has 1 N–H and O–H groups in total. The van der Waals surface area contributed by atoms with E-state index < -0.39 is 6.10 Å². The predicted octanol–water partition coefficient (Wildman–Crippen LogP) is 0.838. The van der Waals surface area contributed by atoms with Crippen LogP contribution in [0.1, 0.15) is 41.7 Å². The van der Waals surface area contributed by atoms with Crippen LogP contribution in [-0.2, 0) is 11.8 Å². The molecule has 1 aromatic rings. The summed E-state index contributed by atoms with van der Waals surface area (Å²) < 4.78 is 7.53. The van der Waals surface area contributed by atoms with Crippen LogP contribution in [0.15, 0.2) is 17.1 Å². The minimum Gasteiger partial charge on any atom is -0.393 e. The Morgan fingerprint density at radius 1 is 1.43 bits per heavy atom. The summed E-state index contributed by atoms with van der Waals surface area (Å²) in [5, 5.41) is 10.0. The topological polar surface area (TPSA) is 71.8 Å². The number of ether oxygens (including phenoxy) is 1. The first-order chi connectivity index (χ1) is 10.9. The van der Waals surface area contributed by atoms with Crippen LogP contribution in [0.25, 0.3) is 0 Å². The van der Waals surface area contributed by atoms with Gasteiger partial charge in [0.2, 0.25) is 0 Å². The Kier molecular flexibility index (Phi) is 4.06. The number of aliphatic hydroxyl groups excluding tert-OH is 1. The molecule has 0 bridgehead atoms. The number of fused-ring (bicyclic) bond motifs is 1. The van der Waals surface area contributed by atoms with Gasteiger partial charge >= 0.3 is 0 Å². The molecule has 6 heteroatoms. The fraction of sp³-hybridized carbons (Fsp3) is 0.647. The van der Waals surface area contributed by atoms with E-state index in [0.29, 0.717) is 19.4 Å². The summed E-state index contributed by atoms with van der Waals surface area (Å²) in [4.78, 5) is 26.9.